The second-order valence-corrected chi connectivity index (χ2v) is 15.0. The zero-order chi connectivity index (χ0) is 56.4. The van der Waals surface area contributed by atoms with Crippen molar-refractivity contribution in [2.45, 2.75) is 6.92 Å². The smallest absolute Gasteiger partial charge is 0.0467 e. The van der Waals surface area contributed by atoms with Crippen LogP contribution in [-0.2, 0) is 0 Å². The van der Waals surface area contributed by atoms with Crippen molar-refractivity contribution < 1.29 is 0 Å². The van der Waals surface area contributed by atoms with Gasteiger partial charge in [0.15, 0.2) is 0 Å². The third-order valence-corrected chi connectivity index (χ3v) is 8.55. The molecule has 0 aliphatic heterocycles. The summed E-state index contributed by atoms with van der Waals surface area (Å²) in [5.74, 6) is 0. The molecule has 0 heterocycles. The van der Waals surface area contributed by atoms with Crippen LogP contribution in [0.25, 0.3) is 0 Å². The molecule has 0 nitrogen and oxygen atoms in total. The second-order valence-electron chi connectivity index (χ2n) is 15.0. The maximum atomic E-state index is 3.63. The van der Waals surface area contributed by atoms with E-state index in [0.717, 1.165) is 0 Å². The van der Waals surface area contributed by atoms with Gasteiger partial charge in [-0.1, -0.05) is 474 Å². The highest BCUT2D eigenvalue weighted by Crippen LogP contribution is 1.93. The topological polar surface area (TPSA) is 0 Å². The summed E-state index contributed by atoms with van der Waals surface area (Å²) in [6.07, 6.45) is 153. The molecular weight excluding hydrogens is 949 g/mol. The van der Waals surface area contributed by atoms with Crippen LogP contribution in [0, 0.1) is 0 Å². The Bertz CT molecular complexity index is 2780. The molecular formula is C79H82. The predicted octanol–water partition coefficient (Wildman–Crippen LogP) is 22.3. The maximum absolute atomic E-state index is 3.63. The number of rotatable bonds is 38. The minimum atomic E-state index is 1.75. The molecule has 0 aromatic carbocycles. The fraction of sp³-hybridized carbons (Fsp3) is 0.0127. The second kappa shape index (κ2) is 67.9. The highest BCUT2D eigenvalue weighted by Gasteiger charge is 1.71. The standard InChI is InChI=1S/C79H82/c1-3-5-7-9-11-13-15-17-19-21-23-25-27-29-31-33-35-37-39-41-43-45-47-49-51-53-55-57-59-61-63-65-67-69-71-73-75-77-79-78-76-74-72-70-68-66-64-62-60-58-56-54-52-50-48-46-44-42-40-38-36-34-32-30-28-26-24-22-20-18-16-14-12-10-8-6-4-2/h3-79H,1H2,2H3. The van der Waals surface area contributed by atoms with Crippen LogP contribution in [0.2, 0.25) is 0 Å². The lowest BCUT2D eigenvalue weighted by molar-refractivity contribution is 1.73. The van der Waals surface area contributed by atoms with Crippen molar-refractivity contribution in [3.63, 3.8) is 0 Å². The van der Waals surface area contributed by atoms with Crippen LogP contribution in [0.15, 0.2) is 474 Å². The van der Waals surface area contributed by atoms with Gasteiger partial charge in [-0.3, -0.25) is 0 Å². The molecule has 0 N–H and O–H groups in total. The third-order valence-electron chi connectivity index (χ3n) is 8.55. The van der Waals surface area contributed by atoms with Gasteiger partial charge in [-0.15, -0.1) is 0 Å². The van der Waals surface area contributed by atoms with Crippen molar-refractivity contribution in [1.29, 1.82) is 0 Å². The first-order valence-corrected chi connectivity index (χ1v) is 26.3. The number of hydrogen-bond donors (Lipinski definition) is 0. The first-order valence-electron chi connectivity index (χ1n) is 26.3. The lowest BCUT2D eigenvalue weighted by Gasteiger charge is -1.77. The molecule has 0 rings (SSSR count). The molecule has 0 fully saturated rings. The Labute approximate surface area is 478 Å². The van der Waals surface area contributed by atoms with Crippen molar-refractivity contribution in [3.05, 3.63) is 474 Å². The molecule has 0 amide bonds. The van der Waals surface area contributed by atoms with E-state index in [1.807, 2.05) is 469 Å². The quantitative estimate of drug-likeness (QED) is 0.0541. The van der Waals surface area contributed by atoms with Crippen LogP contribution in [0.4, 0.5) is 0 Å². The summed E-state index contributed by atoms with van der Waals surface area (Å²) in [5, 5.41) is 0. The van der Waals surface area contributed by atoms with Gasteiger partial charge in [-0.05, 0) is 6.92 Å². The minimum absolute atomic E-state index is 1.75. The van der Waals surface area contributed by atoms with Gasteiger partial charge in [0.2, 0.25) is 0 Å². The van der Waals surface area contributed by atoms with E-state index in [4.69, 9.17) is 0 Å². The summed E-state index contributed by atoms with van der Waals surface area (Å²) >= 11 is 0. The van der Waals surface area contributed by atoms with Gasteiger partial charge in [-0.2, -0.15) is 0 Å². The van der Waals surface area contributed by atoms with Crippen LogP contribution in [0.1, 0.15) is 6.92 Å². The van der Waals surface area contributed by atoms with E-state index in [-0.39, 0.29) is 0 Å². The Morgan fingerprint density at radius 1 is 0.101 bits per heavy atom. The normalized spacial score (nSPS) is 15.6. The molecule has 0 heteroatoms. The van der Waals surface area contributed by atoms with E-state index in [1.165, 1.54) is 0 Å². The van der Waals surface area contributed by atoms with Crippen molar-refractivity contribution in [2.24, 2.45) is 0 Å². The molecule has 0 atom stereocenters. The number of hydrogen-bond acceptors (Lipinski definition) is 0. The Balaban J connectivity index is 4.10. The largest absolute Gasteiger partial charge is 0.0991 e. The van der Waals surface area contributed by atoms with E-state index in [1.54, 1.807) is 6.08 Å². The van der Waals surface area contributed by atoms with E-state index >= 15 is 0 Å². The maximum Gasteiger partial charge on any atom is -0.0467 e. The zero-order valence-corrected chi connectivity index (χ0v) is 46.2. The third kappa shape index (κ3) is 67.9. The highest BCUT2D eigenvalue weighted by molar-refractivity contribution is 5.29. The van der Waals surface area contributed by atoms with Crippen molar-refractivity contribution in [2.75, 3.05) is 0 Å². The fourth-order valence-electron chi connectivity index (χ4n) is 4.87. The van der Waals surface area contributed by atoms with E-state index < -0.39 is 0 Å². The lowest BCUT2D eigenvalue weighted by Crippen LogP contribution is -1.55. The molecule has 79 heavy (non-hydrogen) atoms. The average Bonchev–Trinajstić information content (AvgIpc) is 3.46. The van der Waals surface area contributed by atoms with Crippen molar-refractivity contribution in [1.82, 2.24) is 0 Å². The SMILES string of the molecule is C=CC=CC=CC=CC=CC=CC=CC=CC=CC=CC=CC=CC=CC=CC=CC=CC=CC=CC=CC=CC=CC=CC=CC=CC=CC=CC=CC=CC=CC=CC=CC=CC=CC=CC=CC=CC=CC=CC=CC. The molecule has 0 spiro atoms. The van der Waals surface area contributed by atoms with Crippen LogP contribution < -0.4 is 0 Å². The van der Waals surface area contributed by atoms with E-state index in [9.17, 15) is 0 Å². The Morgan fingerprint density at radius 3 is 0.228 bits per heavy atom. The van der Waals surface area contributed by atoms with Gasteiger partial charge in [-0.25, -0.2) is 0 Å². The molecule has 0 aliphatic rings. The molecule has 0 saturated heterocycles. The summed E-state index contributed by atoms with van der Waals surface area (Å²) in [6, 6.07) is 0. The molecule has 0 bridgehead atoms. The Morgan fingerprint density at radius 2 is 0.165 bits per heavy atom. The van der Waals surface area contributed by atoms with Gasteiger partial charge in [0.1, 0.15) is 0 Å². The molecule has 0 aromatic heterocycles. The fourth-order valence-corrected chi connectivity index (χ4v) is 4.87. The summed E-state index contributed by atoms with van der Waals surface area (Å²) in [7, 11) is 0. The first kappa shape index (κ1) is 68.9. The molecule has 0 aliphatic carbocycles. The van der Waals surface area contributed by atoms with Gasteiger partial charge in [0, 0.05) is 0 Å². The van der Waals surface area contributed by atoms with E-state index in [2.05, 4.69) is 6.58 Å². The van der Waals surface area contributed by atoms with Crippen LogP contribution >= 0.6 is 0 Å². The summed E-state index contributed by atoms with van der Waals surface area (Å²) in [4.78, 5) is 0. The highest BCUT2D eigenvalue weighted by atomic mass is 13.8. The molecule has 0 radical (unpaired) electrons. The molecule has 0 saturated carbocycles. The number of allylic oxidation sites excluding steroid dienone is 77. The van der Waals surface area contributed by atoms with Crippen LogP contribution in [0.3, 0.4) is 0 Å². The zero-order valence-electron chi connectivity index (χ0n) is 46.2. The summed E-state index contributed by atoms with van der Waals surface area (Å²) < 4.78 is 0. The van der Waals surface area contributed by atoms with Gasteiger partial charge in [0.25, 0.3) is 0 Å². The Hall–Kier alpha value is -10.1. The predicted molar refractivity (Wildman–Crippen MR) is 363 cm³/mol. The average molecular weight is 1030 g/mol. The van der Waals surface area contributed by atoms with Crippen LogP contribution in [-0.4, -0.2) is 0 Å². The van der Waals surface area contributed by atoms with Gasteiger partial charge >= 0.3 is 0 Å². The van der Waals surface area contributed by atoms with Crippen LogP contribution in [0.5, 0.6) is 0 Å². The lowest BCUT2D eigenvalue weighted by atomic mass is 10.3. The summed E-state index contributed by atoms with van der Waals surface area (Å²) in [5.41, 5.74) is 0. The Kier molecular flexibility index (Phi) is 59.1. The first-order chi connectivity index (χ1) is 39.4. The van der Waals surface area contributed by atoms with Gasteiger partial charge in [0.05, 0.1) is 0 Å². The monoisotopic (exact) mass is 1030 g/mol. The minimum Gasteiger partial charge on any atom is -0.0991 e. The summed E-state index contributed by atoms with van der Waals surface area (Å²) in [6.45, 7) is 5.63. The molecule has 398 valence electrons. The van der Waals surface area contributed by atoms with E-state index in [0.29, 0.717) is 0 Å². The molecule has 0 unspecified atom stereocenters. The van der Waals surface area contributed by atoms with Crippen molar-refractivity contribution in [3.8, 4) is 0 Å². The molecule has 0 aromatic rings. The van der Waals surface area contributed by atoms with Gasteiger partial charge < -0.3 is 0 Å². The van der Waals surface area contributed by atoms with Crippen molar-refractivity contribution >= 4 is 0 Å².